The lowest BCUT2D eigenvalue weighted by atomic mass is 10.1. The molecule has 74 valence electrons. The molecule has 5 heteroatoms. The Bertz CT molecular complexity index is 493. The summed E-state index contributed by atoms with van der Waals surface area (Å²) in [6, 6.07) is 5.90. The number of allylic oxidation sites excluding steroid dienone is 1. The second kappa shape index (κ2) is 4.50. The van der Waals surface area contributed by atoms with E-state index in [1.54, 1.807) is 12.1 Å². The van der Waals surface area contributed by atoms with Gasteiger partial charge in [-0.2, -0.15) is 10.5 Å². The minimum absolute atomic E-state index is 0.0747. The zero-order chi connectivity index (χ0) is 11.4. The van der Waals surface area contributed by atoms with Crippen LogP contribution in [0.15, 0.2) is 22.2 Å². The lowest BCUT2D eigenvalue weighted by Crippen LogP contribution is -1.81. The molecule has 0 atom stereocenters. The molecule has 0 aliphatic carbocycles. The molecule has 0 radical (unpaired) electrons. The smallest absolute Gasteiger partial charge is 0.130 e. The van der Waals surface area contributed by atoms with Crippen LogP contribution in [-0.4, -0.2) is 10.2 Å². The fourth-order valence-electron chi connectivity index (χ4n) is 0.942. The number of phenolic OH excluding ortho intramolecular Hbond substituents is 2. The largest absolute Gasteiger partial charge is 0.507 e. The molecule has 0 heterocycles. The van der Waals surface area contributed by atoms with E-state index >= 15 is 0 Å². The third-order valence-corrected chi connectivity index (χ3v) is 2.50. The van der Waals surface area contributed by atoms with Crippen molar-refractivity contribution in [2.45, 2.75) is 0 Å². The number of halogens is 1. The molecule has 1 aromatic rings. The zero-order valence-electron chi connectivity index (χ0n) is 7.40. The number of aromatic hydroxyl groups is 2. The topological polar surface area (TPSA) is 88.0 Å². The molecular formula is C10H5BrN2O2. The molecule has 2 N–H and O–H groups in total. The Morgan fingerprint density at radius 3 is 2.27 bits per heavy atom. The van der Waals surface area contributed by atoms with Crippen LogP contribution < -0.4 is 0 Å². The van der Waals surface area contributed by atoms with Crippen molar-refractivity contribution < 1.29 is 10.2 Å². The van der Waals surface area contributed by atoms with Crippen molar-refractivity contribution in [3.8, 4) is 23.6 Å². The summed E-state index contributed by atoms with van der Waals surface area (Å²) in [5, 5.41) is 35.9. The van der Waals surface area contributed by atoms with Gasteiger partial charge in [-0.15, -0.1) is 0 Å². The van der Waals surface area contributed by atoms with Gasteiger partial charge in [-0.05, 0) is 34.1 Å². The number of benzene rings is 1. The van der Waals surface area contributed by atoms with Gasteiger partial charge in [0.05, 0.1) is 4.47 Å². The maximum atomic E-state index is 9.45. The Balaban J connectivity index is 3.40. The second-order valence-electron chi connectivity index (χ2n) is 2.61. The first-order valence-electron chi connectivity index (χ1n) is 3.82. The van der Waals surface area contributed by atoms with E-state index in [1.807, 2.05) is 0 Å². The van der Waals surface area contributed by atoms with Crippen molar-refractivity contribution in [3.05, 3.63) is 27.7 Å². The average Bonchev–Trinajstić information content (AvgIpc) is 2.24. The lowest BCUT2D eigenvalue weighted by molar-refractivity contribution is 0.456. The Morgan fingerprint density at radius 1 is 1.20 bits per heavy atom. The SMILES string of the molecule is N#CC(C#N)=Cc1c(O)ccc(O)c1Br. The van der Waals surface area contributed by atoms with Crippen LogP contribution in [0.4, 0.5) is 0 Å². The molecule has 0 aromatic heterocycles. The average molecular weight is 265 g/mol. The van der Waals surface area contributed by atoms with E-state index in [0.717, 1.165) is 0 Å². The van der Waals surface area contributed by atoms with Crippen molar-refractivity contribution in [2.24, 2.45) is 0 Å². The molecule has 0 saturated carbocycles. The summed E-state index contributed by atoms with van der Waals surface area (Å²) in [5.74, 6) is -0.197. The third kappa shape index (κ3) is 2.28. The van der Waals surface area contributed by atoms with Crippen molar-refractivity contribution in [1.82, 2.24) is 0 Å². The monoisotopic (exact) mass is 264 g/mol. The van der Waals surface area contributed by atoms with E-state index in [9.17, 15) is 10.2 Å². The number of hydrogen-bond acceptors (Lipinski definition) is 4. The number of nitriles is 2. The van der Waals surface area contributed by atoms with Gasteiger partial charge in [0.1, 0.15) is 29.2 Å². The van der Waals surface area contributed by atoms with Gasteiger partial charge in [-0.3, -0.25) is 0 Å². The van der Waals surface area contributed by atoms with Crippen LogP contribution in [0.5, 0.6) is 11.5 Å². The molecule has 0 saturated heterocycles. The summed E-state index contributed by atoms with van der Waals surface area (Å²) in [6.07, 6.45) is 1.19. The highest BCUT2D eigenvalue weighted by Gasteiger charge is 2.09. The standard InChI is InChI=1S/C10H5BrN2O2/c11-10-7(3-6(4-12)5-13)8(14)1-2-9(10)15/h1-3,14-15H. The lowest BCUT2D eigenvalue weighted by Gasteiger charge is -2.03. The van der Waals surface area contributed by atoms with Crippen molar-refractivity contribution >= 4 is 22.0 Å². The van der Waals surface area contributed by atoms with Gasteiger partial charge < -0.3 is 10.2 Å². The Hall–Kier alpha value is -1.98. The van der Waals surface area contributed by atoms with Crippen LogP contribution in [0.2, 0.25) is 0 Å². The van der Waals surface area contributed by atoms with Crippen LogP contribution in [-0.2, 0) is 0 Å². The normalized spacial score (nSPS) is 8.73. The van der Waals surface area contributed by atoms with Gasteiger partial charge in [0.2, 0.25) is 0 Å². The van der Waals surface area contributed by atoms with E-state index in [2.05, 4.69) is 15.9 Å². The number of rotatable bonds is 1. The highest BCUT2D eigenvalue weighted by Crippen LogP contribution is 2.35. The predicted octanol–water partition coefficient (Wildman–Crippen LogP) is 2.29. The number of nitrogens with zero attached hydrogens (tertiary/aromatic N) is 2. The summed E-state index contributed by atoms with van der Waals surface area (Å²) in [7, 11) is 0. The van der Waals surface area contributed by atoms with E-state index in [0.29, 0.717) is 0 Å². The summed E-state index contributed by atoms with van der Waals surface area (Å²) in [6.45, 7) is 0. The van der Waals surface area contributed by atoms with Crippen molar-refractivity contribution in [2.75, 3.05) is 0 Å². The van der Waals surface area contributed by atoms with E-state index in [-0.39, 0.29) is 27.1 Å². The fourth-order valence-corrected chi connectivity index (χ4v) is 1.39. The minimum Gasteiger partial charge on any atom is -0.507 e. The highest BCUT2D eigenvalue weighted by molar-refractivity contribution is 9.10. The van der Waals surface area contributed by atoms with E-state index in [4.69, 9.17) is 10.5 Å². The fraction of sp³-hybridized carbons (Fsp3) is 0. The van der Waals surface area contributed by atoms with E-state index in [1.165, 1.54) is 18.2 Å². The molecule has 1 aromatic carbocycles. The van der Waals surface area contributed by atoms with Gasteiger partial charge in [-0.25, -0.2) is 0 Å². The van der Waals surface area contributed by atoms with Gasteiger partial charge in [0.15, 0.2) is 0 Å². The molecule has 0 amide bonds. The van der Waals surface area contributed by atoms with Crippen LogP contribution in [0, 0.1) is 22.7 Å². The van der Waals surface area contributed by atoms with Gasteiger partial charge in [0.25, 0.3) is 0 Å². The van der Waals surface area contributed by atoms with Gasteiger partial charge >= 0.3 is 0 Å². The third-order valence-electron chi connectivity index (χ3n) is 1.67. The van der Waals surface area contributed by atoms with Crippen molar-refractivity contribution in [1.29, 1.82) is 10.5 Å². The molecule has 0 spiro atoms. The second-order valence-corrected chi connectivity index (χ2v) is 3.41. The first-order chi connectivity index (χ1) is 7.10. The molecule has 4 nitrogen and oxygen atoms in total. The van der Waals surface area contributed by atoms with Gasteiger partial charge in [0, 0.05) is 5.56 Å². The highest BCUT2D eigenvalue weighted by atomic mass is 79.9. The first kappa shape index (κ1) is 11.1. The molecule has 0 aliphatic heterocycles. The predicted molar refractivity (Wildman–Crippen MR) is 56.7 cm³/mol. The number of hydrogen-bond donors (Lipinski definition) is 2. The van der Waals surface area contributed by atoms with Crippen molar-refractivity contribution in [3.63, 3.8) is 0 Å². The summed E-state index contributed by atoms with van der Waals surface area (Å²) >= 11 is 3.04. The molecular weight excluding hydrogens is 260 g/mol. The first-order valence-corrected chi connectivity index (χ1v) is 4.61. The molecule has 1 rings (SSSR count). The van der Waals surface area contributed by atoms with Crippen LogP contribution in [0.3, 0.4) is 0 Å². The molecule has 0 unspecified atom stereocenters. The Morgan fingerprint density at radius 2 is 1.73 bits per heavy atom. The van der Waals surface area contributed by atoms with Crippen LogP contribution in [0.25, 0.3) is 6.08 Å². The maximum Gasteiger partial charge on any atom is 0.130 e. The molecule has 15 heavy (non-hydrogen) atoms. The Kier molecular flexibility index (Phi) is 3.33. The van der Waals surface area contributed by atoms with Gasteiger partial charge in [-0.1, -0.05) is 0 Å². The molecule has 0 bridgehead atoms. The summed E-state index contributed by atoms with van der Waals surface area (Å²) < 4.78 is 0.241. The minimum atomic E-state index is -0.156. The summed E-state index contributed by atoms with van der Waals surface area (Å²) in [5.41, 5.74) is 0.0460. The Labute approximate surface area is 94.4 Å². The maximum absolute atomic E-state index is 9.45. The zero-order valence-corrected chi connectivity index (χ0v) is 8.98. The number of phenols is 2. The molecule has 0 fully saturated rings. The van der Waals surface area contributed by atoms with Crippen LogP contribution >= 0.6 is 15.9 Å². The van der Waals surface area contributed by atoms with Crippen LogP contribution in [0.1, 0.15) is 5.56 Å². The summed E-state index contributed by atoms with van der Waals surface area (Å²) in [4.78, 5) is 0. The van der Waals surface area contributed by atoms with E-state index < -0.39 is 0 Å². The quantitative estimate of drug-likeness (QED) is 0.602. The molecule has 0 aliphatic rings.